The van der Waals surface area contributed by atoms with E-state index in [0.29, 0.717) is 22.8 Å². The molecule has 0 spiro atoms. The van der Waals surface area contributed by atoms with Gasteiger partial charge in [-0.3, -0.25) is 4.84 Å². The van der Waals surface area contributed by atoms with Crippen molar-refractivity contribution in [1.29, 1.82) is 0 Å². The van der Waals surface area contributed by atoms with Crippen LogP contribution in [0.15, 0.2) is 41.0 Å². The first kappa shape index (κ1) is 19.7. The second-order valence-electron chi connectivity index (χ2n) is 6.31. The first-order valence-electron chi connectivity index (χ1n) is 8.43. The number of hydrogen-bond donors (Lipinski definition) is 0. The van der Waals surface area contributed by atoms with E-state index in [0.717, 1.165) is 0 Å². The Morgan fingerprint density at radius 3 is 2.67 bits per heavy atom. The molecular weight excluding hydrogens is 372 g/mol. The van der Waals surface area contributed by atoms with Gasteiger partial charge in [0, 0.05) is 19.7 Å². The maximum atomic E-state index is 13.2. The molecule has 3 rings (SSSR count). The van der Waals surface area contributed by atoms with Crippen molar-refractivity contribution < 1.29 is 27.1 Å². The third-order valence-corrected chi connectivity index (χ3v) is 6.87. The van der Waals surface area contributed by atoms with Crippen LogP contribution < -0.4 is 9.47 Å². The molecule has 0 bridgehead atoms. The molecule has 1 aliphatic heterocycles. The zero-order valence-electron chi connectivity index (χ0n) is 15.8. The number of nitrogens with zero attached hydrogens (tertiary/aromatic N) is 2. The van der Waals surface area contributed by atoms with Gasteiger partial charge in [0.2, 0.25) is 10.0 Å². The summed E-state index contributed by atoms with van der Waals surface area (Å²) in [6.45, 7) is 0.198. The van der Waals surface area contributed by atoms with E-state index in [2.05, 4.69) is 0 Å². The van der Waals surface area contributed by atoms with Crippen LogP contribution in [0, 0.1) is 0 Å². The number of ether oxygens (including phenoxy) is 2. The lowest BCUT2D eigenvalue weighted by Gasteiger charge is -2.27. The molecule has 27 heavy (non-hydrogen) atoms. The summed E-state index contributed by atoms with van der Waals surface area (Å²) in [5.41, 5.74) is 0.692. The topological polar surface area (TPSA) is 81.5 Å². The monoisotopic (exact) mass is 396 g/mol. The number of benzene rings is 1. The van der Waals surface area contributed by atoms with Crippen LogP contribution in [-0.2, 0) is 21.4 Å². The summed E-state index contributed by atoms with van der Waals surface area (Å²) in [5.74, 6) is 1.77. The molecule has 1 saturated heterocycles. The molecule has 2 aromatic rings. The first-order valence-corrected chi connectivity index (χ1v) is 9.94. The Morgan fingerprint density at radius 2 is 2.04 bits per heavy atom. The van der Waals surface area contributed by atoms with Crippen molar-refractivity contribution in [2.45, 2.75) is 17.8 Å². The molecule has 148 valence electrons. The van der Waals surface area contributed by atoms with Crippen LogP contribution in [0.1, 0.15) is 17.4 Å². The third kappa shape index (κ3) is 3.81. The highest BCUT2D eigenvalue weighted by atomic mass is 32.2. The molecule has 0 N–H and O–H groups in total. The predicted octanol–water partition coefficient (Wildman–Crippen LogP) is 2.05. The molecule has 1 aromatic heterocycles. The lowest BCUT2D eigenvalue weighted by atomic mass is 10.0. The third-order valence-electron chi connectivity index (χ3n) is 4.72. The standard InChI is InChI=1S/C18H24N2O6S/c1-19(11-14-6-5-9-25-14)27(21,22)17-12-26-20(2)18(17)15-10-13(23-3)7-8-16(15)24-4/h5-10,17-18H,11-12H2,1-4H3. The van der Waals surface area contributed by atoms with Crippen molar-refractivity contribution in [3.63, 3.8) is 0 Å². The fraction of sp³-hybridized carbons (Fsp3) is 0.444. The summed E-state index contributed by atoms with van der Waals surface area (Å²) in [7, 11) is 2.68. The quantitative estimate of drug-likeness (QED) is 0.708. The summed E-state index contributed by atoms with van der Waals surface area (Å²) < 4.78 is 43.8. The Hall–Kier alpha value is -2.07. The number of rotatable bonds is 7. The summed E-state index contributed by atoms with van der Waals surface area (Å²) >= 11 is 0. The molecule has 9 heteroatoms. The summed E-state index contributed by atoms with van der Waals surface area (Å²) in [4.78, 5) is 5.58. The molecule has 2 unspecified atom stereocenters. The fourth-order valence-electron chi connectivity index (χ4n) is 3.26. The van der Waals surface area contributed by atoms with E-state index in [1.54, 1.807) is 56.7 Å². The van der Waals surface area contributed by atoms with Gasteiger partial charge in [0.15, 0.2) is 0 Å². The average Bonchev–Trinajstić information content (AvgIpc) is 3.30. The van der Waals surface area contributed by atoms with Crippen molar-refractivity contribution >= 4 is 10.0 Å². The van der Waals surface area contributed by atoms with Gasteiger partial charge >= 0.3 is 0 Å². The molecule has 2 heterocycles. The van der Waals surface area contributed by atoms with E-state index in [1.807, 2.05) is 0 Å². The van der Waals surface area contributed by atoms with Gasteiger partial charge in [-0.2, -0.15) is 9.37 Å². The van der Waals surface area contributed by atoms with E-state index in [1.165, 1.54) is 17.6 Å². The lowest BCUT2D eigenvalue weighted by Crippen LogP contribution is -2.40. The number of sulfonamides is 1. The highest BCUT2D eigenvalue weighted by Crippen LogP contribution is 2.40. The second kappa shape index (κ2) is 7.89. The van der Waals surface area contributed by atoms with Crippen molar-refractivity contribution in [2.24, 2.45) is 0 Å². The predicted molar refractivity (Wildman–Crippen MR) is 98.9 cm³/mol. The van der Waals surface area contributed by atoms with E-state index in [9.17, 15) is 8.42 Å². The van der Waals surface area contributed by atoms with E-state index >= 15 is 0 Å². The summed E-state index contributed by atoms with van der Waals surface area (Å²) in [6, 6.07) is 8.24. The normalized spacial score (nSPS) is 20.9. The zero-order valence-corrected chi connectivity index (χ0v) is 16.6. The van der Waals surface area contributed by atoms with Gasteiger partial charge in [-0.05, 0) is 30.3 Å². The SMILES string of the molecule is COc1ccc(OC)c(C2C(S(=O)(=O)N(C)Cc3ccco3)CON2C)c1. The van der Waals surface area contributed by atoms with Gasteiger partial charge in [0.25, 0.3) is 0 Å². The first-order chi connectivity index (χ1) is 12.9. The van der Waals surface area contributed by atoms with Crippen LogP contribution >= 0.6 is 0 Å². The minimum Gasteiger partial charge on any atom is -0.497 e. The van der Waals surface area contributed by atoms with Crippen molar-refractivity contribution in [2.75, 3.05) is 34.9 Å². The minimum atomic E-state index is -3.68. The van der Waals surface area contributed by atoms with Crippen LogP contribution in [0.4, 0.5) is 0 Å². The van der Waals surface area contributed by atoms with Crippen LogP contribution in [0.3, 0.4) is 0 Å². The Kier molecular flexibility index (Phi) is 5.75. The molecule has 1 fully saturated rings. The van der Waals surface area contributed by atoms with Gasteiger partial charge in [-0.15, -0.1) is 0 Å². The number of hydrogen-bond acceptors (Lipinski definition) is 7. The molecule has 0 saturated carbocycles. The Labute approximate surface area is 159 Å². The van der Waals surface area contributed by atoms with E-state index in [-0.39, 0.29) is 13.2 Å². The number of furan rings is 1. The van der Waals surface area contributed by atoms with Crippen molar-refractivity contribution in [3.05, 3.63) is 47.9 Å². The average molecular weight is 396 g/mol. The molecule has 1 aliphatic rings. The fourth-order valence-corrected chi connectivity index (χ4v) is 4.90. The van der Waals surface area contributed by atoms with Crippen LogP contribution in [0.5, 0.6) is 11.5 Å². The largest absolute Gasteiger partial charge is 0.497 e. The maximum absolute atomic E-state index is 13.2. The van der Waals surface area contributed by atoms with Gasteiger partial charge in [-0.25, -0.2) is 8.42 Å². The maximum Gasteiger partial charge on any atom is 0.221 e. The Morgan fingerprint density at radius 1 is 1.26 bits per heavy atom. The zero-order chi connectivity index (χ0) is 19.6. The molecule has 0 aliphatic carbocycles. The highest BCUT2D eigenvalue weighted by Gasteiger charge is 2.46. The molecule has 8 nitrogen and oxygen atoms in total. The second-order valence-corrected chi connectivity index (χ2v) is 8.57. The lowest BCUT2D eigenvalue weighted by molar-refractivity contribution is -0.110. The summed E-state index contributed by atoms with van der Waals surface area (Å²) in [6.07, 6.45) is 1.52. The van der Waals surface area contributed by atoms with E-state index in [4.69, 9.17) is 18.7 Å². The molecule has 1 aromatic carbocycles. The number of hydroxylamine groups is 2. The van der Waals surface area contributed by atoms with Gasteiger partial charge in [-0.1, -0.05) is 0 Å². The van der Waals surface area contributed by atoms with Crippen LogP contribution in [-0.4, -0.2) is 58.0 Å². The highest BCUT2D eigenvalue weighted by molar-refractivity contribution is 7.89. The minimum absolute atomic E-state index is 0.0480. The summed E-state index contributed by atoms with van der Waals surface area (Å²) in [5, 5.41) is 0.753. The molecule has 0 radical (unpaired) electrons. The van der Waals surface area contributed by atoms with Crippen LogP contribution in [0.25, 0.3) is 0 Å². The van der Waals surface area contributed by atoms with Crippen LogP contribution in [0.2, 0.25) is 0 Å². The van der Waals surface area contributed by atoms with Gasteiger partial charge in [0.1, 0.15) is 22.5 Å². The van der Waals surface area contributed by atoms with E-state index < -0.39 is 21.3 Å². The molecular formula is C18H24N2O6S. The smallest absolute Gasteiger partial charge is 0.221 e. The Balaban J connectivity index is 1.95. The molecule has 0 amide bonds. The molecule has 2 atom stereocenters. The van der Waals surface area contributed by atoms with Crippen molar-refractivity contribution in [1.82, 2.24) is 9.37 Å². The van der Waals surface area contributed by atoms with Crippen molar-refractivity contribution in [3.8, 4) is 11.5 Å². The van der Waals surface area contributed by atoms with Gasteiger partial charge in [0.05, 0.1) is 39.7 Å². The Bertz CT molecular complexity index is 868. The van der Waals surface area contributed by atoms with Gasteiger partial charge < -0.3 is 13.9 Å². The number of methoxy groups -OCH3 is 2.